The van der Waals surface area contributed by atoms with Crippen molar-refractivity contribution < 1.29 is 4.79 Å². The average molecular weight is 252 g/mol. The lowest BCUT2D eigenvalue weighted by Crippen LogP contribution is -2.46. The summed E-state index contributed by atoms with van der Waals surface area (Å²) in [5.74, 6) is 1.86. The number of hydrogen-bond acceptors (Lipinski definition) is 2. The van der Waals surface area contributed by atoms with Gasteiger partial charge in [0.1, 0.15) is 0 Å². The van der Waals surface area contributed by atoms with Crippen LogP contribution in [0.1, 0.15) is 52.4 Å². The summed E-state index contributed by atoms with van der Waals surface area (Å²) in [4.78, 5) is 14.9. The fraction of sp³-hybridized carbons (Fsp3) is 0.933. The van der Waals surface area contributed by atoms with E-state index >= 15 is 0 Å². The Kier molecular flexibility index (Phi) is 4.31. The van der Waals surface area contributed by atoms with Crippen molar-refractivity contribution >= 4 is 5.91 Å². The summed E-state index contributed by atoms with van der Waals surface area (Å²) < 4.78 is 0. The Morgan fingerprint density at radius 1 is 1.17 bits per heavy atom. The van der Waals surface area contributed by atoms with Crippen LogP contribution in [0.25, 0.3) is 0 Å². The molecule has 2 unspecified atom stereocenters. The third kappa shape index (κ3) is 2.29. The number of amides is 1. The van der Waals surface area contributed by atoms with Crippen LogP contribution in [-0.2, 0) is 4.79 Å². The van der Waals surface area contributed by atoms with Crippen molar-refractivity contribution in [2.45, 2.75) is 52.4 Å². The molecule has 1 amide bonds. The molecule has 0 bridgehead atoms. The van der Waals surface area contributed by atoms with Gasteiger partial charge in [0.15, 0.2) is 0 Å². The van der Waals surface area contributed by atoms with Crippen LogP contribution < -0.4 is 5.73 Å². The summed E-state index contributed by atoms with van der Waals surface area (Å²) in [5.41, 5.74) is 5.60. The molecule has 2 atom stereocenters. The monoisotopic (exact) mass is 252 g/mol. The molecule has 0 aromatic carbocycles. The van der Waals surface area contributed by atoms with Gasteiger partial charge in [-0.1, -0.05) is 26.7 Å². The lowest BCUT2D eigenvalue weighted by Gasteiger charge is -2.33. The summed E-state index contributed by atoms with van der Waals surface area (Å²) >= 11 is 0. The minimum Gasteiger partial charge on any atom is -0.342 e. The summed E-state index contributed by atoms with van der Waals surface area (Å²) in [5, 5.41) is 0. The topological polar surface area (TPSA) is 46.3 Å². The van der Waals surface area contributed by atoms with Crippen molar-refractivity contribution in [1.82, 2.24) is 4.90 Å². The minimum absolute atomic E-state index is 0.298. The number of rotatable bonds is 4. The van der Waals surface area contributed by atoms with Crippen molar-refractivity contribution in [2.24, 2.45) is 23.0 Å². The molecule has 0 spiro atoms. The van der Waals surface area contributed by atoms with Crippen molar-refractivity contribution in [2.75, 3.05) is 19.6 Å². The second-order valence-electron chi connectivity index (χ2n) is 6.21. The SMILES string of the molecule is CCC(CC)(CN)C(=O)N1CC2CCCCC2C1. The smallest absolute Gasteiger partial charge is 0.230 e. The molecule has 2 N–H and O–H groups in total. The largest absolute Gasteiger partial charge is 0.342 e. The van der Waals surface area contributed by atoms with Gasteiger partial charge in [0.05, 0.1) is 5.41 Å². The maximum absolute atomic E-state index is 12.7. The van der Waals surface area contributed by atoms with Gasteiger partial charge in [0.2, 0.25) is 5.91 Å². The molecule has 3 heteroatoms. The van der Waals surface area contributed by atoms with Crippen molar-refractivity contribution in [3.05, 3.63) is 0 Å². The zero-order valence-corrected chi connectivity index (χ0v) is 12.0. The number of nitrogens with zero attached hydrogens (tertiary/aromatic N) is 1. The van der Waals surface area contributed by atoms with E-state index in [9.17, 15) is 4.79 Å². The normalized spacial score (nSPS) is 28.3. The molecule has 1 saturated carbocycles. The van der Waals surface area contributed by atoms with Gasteiger partial charge in [-0.2, -0.15) is 0 Å². The first kappa shape index (κ1) is 13.9. The standard InChI is InChI=1S/C15H28N2O/c1-3-15(4-2,11-16)14(18)17-9-12-7-5-6-8-13(12)10-17/h12-13H,3-11,16H2,1-2H3. The van der Waals surface area contributed by atoms with E-state index in [0.29, 0.717) is 12.5 Å². The molecule has 3 nitrogen and oxygen atoms in total. The molecule has 18 heavy (non-hydrogen) atoms. The van der Waals surface area contributed by atoms with Crippen LogP contribution in [0.3, 0.4) is 0 Å². The first-order chi connectivity index (χ1) is 8.66. The number of fused-ring (bicyclic) bond motifs is 1. The lowest BCUT2D eigenvalue weighted by atomic mass is 9.81. The quantitative estimate of drug-likeness (QED) is 0.835. The maximum Gasteiger partial charge on any atom is 0.230 e. The molecule has 0 aromatic rings. The number of likely N-dealkylation sites (tertiary alicyclic amines) is 1. The third-order valence-electron chi connectivity index (χ3n) is 5.46. The fourth-order valence-electron chi connectivity index (χ4n) is 3.84. The second-order valence-corrected chi connectivity index (χ2v) is 6.21. The summed E-state index contributed by atoms with van der Waals surface area (Å²) in [6.45, 7) is 6.66. The molecule has 1 aliphatic carbocycles. The zero-order valence-electron chi connectivity index (χ0n) is 12.0. The van der Waals surface area contributed by atoms with Crippen LogP contribution in [0.5, 0.6) is 0 Å². The van der Waals surface area contributed by atoms with E-state index in [2.05, 4.69) is 18.7 Å². The van der Waals surface area contributed by atoms with Crippen molar-refractivity contribution in [3.63, 3.8) is 0 Å². The average Bonchev–Trinajstić information content (AvgIpc) is 2.85. The lowest BCUT2D eigenvalue weighted by molar-refractivity contribution is -0.141. The highest BCUT2D eigenvalue weighted by Gasteiger charge is 2.43. The van der Waals surface area contributed by atoms with E-state index < -0.39 is 0 Å². The van der Waals surface area contributed by atoms with Gasteiger partial charge in [0.25, 0.3) is 0 Å². The molecular weight excluding hydrogens is 224 g/mol. The molecular formula is C15H28N2O. The van der Waals surface area contributed by atoms with Gasteiger partial charge in [-0.25, -0.2) is 0 Å². The van der Waals surface area contributed by atoms with Gasteiger partial charge in [-0.3, -0.25) is 4.79 Å². The predicted octanol–water partition coefficient (Wildman–Crippen LogP) is 2.40. The van der Waals surface area contributed by atoms with E-state index in [0.717, 1.165) is 37.8 Å². The van der Waals surface area contributed by atoms with Crippen molar-refractivity contribution in [3.8, 4) is 0 Å². The van der Waals surface area contributed by atoms with Crippen LogP contribution in [0.4, 0.5) is 0 Å². The van der Waals surface area contributed by atoms with Gasteiger partial charge in [-0.15, -0.1) is 0 Å². The predicted molar refractivity (Wildman–Crippen MR) is 74.1 cm³/mol. The number of nitrogens with two attached hydrogens (primary N) is 1. The molecule has 1 saturated heterocycles. The molecule has 0 radical (unpaired) electrons. The molecule has 2 fully saturated rings. The van der Waals surface area contributed by atoms with Crippen LogP contribution in [0, 0.1) is 17.3 Å². The van der Waals surface area contributed by atoms with E-state index in [1.165, 1.54) is 25.7 Å². The Hall–Kier alpha value is -0.570. The number of carbonyl (C=O) groups is 1. The molecule has 1 heterocycles. The first-order valence-corrected chi connectivity index (χ1v) is 7.66. The highest BCUT2D eigenvalue weighted by Crippen LogP contribution is 2.38. The molecule has 2 rings (SSSR count). The van der Waals surface area contributed by atoms with Crippen LogP contribution in [0.2, 0.25) is 0 Å². The van der Waals surface area contributed by atoms with Gasteiger partial charge >= 0.3 is 0 Å². The van der Waals surface area contributed by atoms with Crippen LogP contribution in [0.15, 0.2) is 0 Å². The summed E-state index contributed by atoms with van der Waals surface area (Å²) in [6, 6.07) is 0. The third-order valence-corrected chi connectivity index (χ3v) is 5.46. The molecule has 0 aromatic heterocycles. The molecule has 1 aliphatic heterocycles. The van der Waals surface area contributed by atoms with E-state index in [-0.39, 0.29) is 5.41 Å². The zero-order chi connectivity index (χ0) is 13.2. The Labute approximate surface area is 111 Å². The van der Waals surface area contributed by atoms with Gasteiger partial charge in [0, 0.05) is 19.6 Å². The van der Waals surface area contributed by atoms with Gasteiger partial charge in [-0.05, 0) is 37.5 Å². The first-order valence-electron chi connectivity index (χ1n) is 7.66. The molecule has 104 valence electrons. The van der Waals surface area contributed by atoms with E-state index in [4.69, 9.17) is 5.73 Å². The minimum atomic E-state index is -0.298. The van der Waals surface area contributed by atoms with Crippen LogP contribution >= 0.6 is 0 Å². The molecule has 2 aliphatic rings. The Balaban J connectivity index is 2.05. The number of hydrogen-bond donors (Lipinski definition) is 1. The number of carbonyl (C=O) groups excluding carboxylic acids is 1. The maximum atomic E-state index is 12.7. The van der Waals surface area contributed by atoms with Crippen LogP contribution in [-0.4, -0.2) is 30.4 Å². The van der Waals surface area contributed by atoms with E-state index in [1.807, 2.05) is 0 Å². The Bertz CT molecular complexity index is 277. The highest BCUT2D eigenvalue weighted by molar-refractivity contribution is 5.83. The fourth-order valence-corrected chi connectivity index (χ4v) is 3.84. The van der Waals surface area contributed by atoms with Gasteiger partial charge < -0.3 is 10.6 Å². The summed E-state index contributed by atoms with van der Waals surface area (Å²) in [6.07, 6.45) is 7.08. The second kappa shape index (κ2) is 5.60. The summed E-state index contributed by atoms with van der Waals surface area (Å²) in [7, 11) is 0. The van der Waals surface area contributed by atoms with E-state index in [1.54, 1.807) is 0 Å². The Morgan fingerprint density at radius 3 is 2.06 bits per heavy atom. The van der Waals surface area contributed by atoms with Crippen molar-refractivity contribution in [1.29, 1.82) is 0 Å². The Morgan fingerprint density at radius 2 is 1.67 bits per heavy atom. The highest BCUT2D eigenvalue weighted by atomic mass is 16.2.